The van der Waals surface area contributed by atoms with Crippen molar-refractivity contribution >= 4 is 28.1 Å². The van der Waals surface area contributed by atoms with E-state index >= 15 is 0 Å². The molecule has 0 N–H and O–H groups in total. The Bertz CT molecular complexity index is 519. The second-order valence-corrected chi connectivity index (χ2v) is 12.2. The van der Waals surface area contributed by atoms with E-state index in [1.165, 1.54) is 22.3 Å². The van der Waals surface area contributed by atoms with Crippen molar-refractivity contribution in [2.45, 2.75) is 79.3 Å². The van der Waals surface area contributed by atoms with Gasteiger partial charge in [-0.05, 0) is 10.8 Å². The molecule has 0 saturated heterocycles. The van der Waals surface area contributed by atoms with Crippen LogP contribution in [0.25, 0.3) is 0 Å². The molecule has 2 rings (SSSR count). The van der Waals surface area contributed by atoms with Gasteiger partial charge in [-0.25, -0.2) is 23.3 Å². The van der Waals surface area contributed by atoms with Gasteiger partial charge in [0.25, 0.3) is 0 Å². The summed E-state index contributed by atoms with van der Waals surface area (Å²) in [6, 6.07) is 13.2. The summed E-state index contributed by atoms with van der Waals surface area (Å²) in [5.41, 5.74) is 6.23. The first kappa shape index (κ1) is 28.4. The van der Waals surface area contributed by atoms with Gasteiger partial charge >= 0.3 is 35.6 Å². The van der Waals surface area contributed by atoms with Crippen molar-refractivity contribution in [3.05, 3.63) is 58.7 Å². The summed E-state index contributed by atoms with van der Waals surface area (Å²) in [5.74, 6) is 0. The molecule has 0 aromatic heterocycles. The second kappa shape index (κ2) is 14.2. The maximum absolute atomic E-state index is 4.89. The first-order chi connectivity index (χ1) is 11.8. The Hall–Kier alpha value is 0.211. The quantitative estimate of drug-likeness (QED) is 0.284. The molecule has 2 aromatic rings. The number of halogens is 2. The maximum atomic E-state index is 4.89. The predicted octanol–water partition coefficient (Wildman–Crippen LogP) is 7.92. The molecule has 2 aromatic carbocycles. The van der Waals surface area contributed by atoms with E-state index in [1.807, 2.05) is 0 Å². The van der Waals surface area contributed by atoms with E-state index in [0.29, 0.717) is 10.8 Å². The van der Waals surface area contributed by atoms with Gasteiger partial charge in [0, 0.05) is 9.52 Å². The van der Waals surface area contributed by atoms with Crippen LogP contribution in [0.5, 0.6) is 0 Å². The van der Waals surface area contributed by atoms with E-state index in [2.05, 4.69) is 105 Å². The van der Waals surface area contributed by atoms with E-state index in [0.717, 1.165) is 9.52 Å². The van der Waals surface area contributed by atoms with Gasteiger partial charge in [0.2, 0.25) is 0 Å². The Morgan fingerprint density at radius 3 is 1.08 bits per heavy atom. The van der Waals surface area contributed by atoms with Gasteiger partial charge in [0.15, 0.2) is 0 Å². The number of hydrogen-bond acceptors (Lipinski definition) is 0. The molecule has 0 amide bonds. The average Bonchev–Trinajstić information content (AvgIpc) is 3.09. The third-order valence-corrected chi connectivity index (χ3v) is 3.55. The molecule has 0 saturated carbocycles. The molecule has 0 aliphatic carbocycles. The number of hydrogen-bond donors (Lipinski definition) is 0. The summed E-state index contributed by atoms with van der Waals surface area (Å²) < 4.78 is 0. The SMILES string of the molecule is C[SiH]C.Cc1c[cH-]c(C(C)(C)C)c1.Cc1c[cH-]c(C(C)(C)C)c1.[Cl][Ti][Cl]. The topological polar surface area (TPSA) is 0 Å². The predicted molar refractivity (Wildman–Crippen MR) is 122 cm³/mol. The van der Waals surface area contributed by atoms with Crippen LogP contribution in [0.2, 0.25) is 13.1 Å². The third kappa shape index (κ3) is 14.3. The molecular formula is C22H37Cl2SiTi-2. The Balaban J connectivity index is 0. The molecular weight excluding hydrogens is 411 g/mol. The fourth-order valence-corrected chi connectivity index (χ4v) is 2.06. The summed E-state index contributed by atoms with van der Waals surface area (Å²) in [5, 5.41) is 0. The van der Waals surface area contributed by atoms with Crippen LogP contribution >= 0.6 is 18.6 Å². The van der Waals surface area contributed by atoms with E-state index in [4.69, 9.17) is 18.6 Å². The average molecular weight is 448 g/mol. The van der Waals surface area contributed by atoms with Gasteiger partial charge in [0.05, 0.1) is 0 Å². The molecule has 1 radical (unpaired) electrons. The van der Waals surface area contributed by atoms with E-state index in [-0.39, 0.29) is 0 Å². The van der Waals surface area contributed by atoms with Crippen molar-refractivity contribution in [3.63, 3.8) is 0 Å². The molecule has 149 valence electrons. The van der Waals surface area contributed by atoms with E-state index < -0.39 is 17.0 Å². The molecule has 0 aliphatic heterocycles. The molecule has 0 aliphatic rings. The molecule has 0 heterocycles. The first-order valence-corrected chi connectivity index (χ1v) is 15.6. The van der Waals surface area contributed by atoms with Crippen LogP contribution in [0, 0.1) is 13.8 Å². The third-order valence-electron chi connectivity index (χ3n) is 3.55. The summed E-state index contributed by atoms with van der Waals surface area (Å²) in [4.78, 5) is 0. The minimum atomic E-state index is -0.556. The molecule has 26 heavy (non-hydrogen) atoms. The van der Waals surface area contributed by atoms with Crippen LogP contribution < -0.4 is 0 Å². The van der Waals surface area contributed by atoms with Crippen LogP contribution in [0.1, 0.15) is 63.8 Å². The van der Waals surface area contributed by atoms with Crippen molar-refractivity contribution in [1.82, 2.24) is 0 Å². The standard InChI is InChI=1S/2C10H15.C2H7Si.2ClH.Ti/c2*1-8-5-6-9(7-8)10(2,3)4;1-3-2;;;/h2*5-7H,1-4H3;3H,1-2H3;2*1H;/q2*-1;;;;+2/p-2. The van der Waals surface area contributed by atoms with Crippen LogP contribution in [0.15, 0.2) is 36.4 Å². The van der Waals surface area contributed by atoms with Gasteiger partial charge in [-0.3, -0.25) is 0 Å². The van der Waals surface area contributed by atoms with Crippen molar-refractivity contribution in [2.75, 3.05) is 0 Å². The Morgan fingerprint density at radius 2 is 1.00 bits per heavy atom. The minimum absolute atomic E-state index is 0.314. The van der Waals surface area contributed by atoms with Crippen LogP contribution in [-0.2, 0) is 27.9 Å². The zero-order chi connectivity index (χ0) is 21.0. The Kier molecular flexibility index (Phi) is 15.6. The fourth-order valence-electron chi connectivity index (χ4n) is 2.06. The van der Waals surface area contributed by atoms with Crippen LogP contribution in [-0.4, -0.2) is 9.52 Å². The van der Waals surface area contributed by atoms with Gasteiger partial charge < -0.3 is 0 Å². The second-order valence-electron chi connectivity index (χ2n) is 8.50. The molecule has 4 heteroatoms. The summed E-state index contributed by atoms with van der Waals surface area (Å²) in [6.45, 7) is 22.1. The molecule has 0 spiro atoms. The van der Waals surface area contributed by atoms with Crippen LogP contribution in [0.3, 0.4) is 0 Å². The molecule has 0 bridgehead atoms. The van der Waals surface area contributed by atoms with Crippen molar-refractivity contribution in [1.29, 1.82) is 0 Å². The molecule has 0 fully saturated rings. The summed E-state index contributed by atoms with van der Waals surface area (Å²) in [6.07, 6.45) is 0. The monoisotopic (exact) mass is 447 g/mol. The Labute approximate surface area is 182 Å². The normalized spacial score (nSPS) is 10.5. The Morgan fingerprint density at radius 1 is 0.769 bits per heavy atom. The van der Waals surface area contributed by atoms with Gasteiger partial charge in [-0.15, -0.1) is 0 Å². The number of aryl methyl sites for hydroxylation is 2. The fraction of sp³-hybridized carbons (Fsp3) is 0.545. The summed E-state index contributed by atoms with van der Waals surface area (Å²) >= 11 is -0.556. The number of rotatable bonds is 0. The molecule has 0 nitrogen and oxygen atoms in total. The zero-order valence-corrected chi connectivity index (χ0v) is 22.5. The van der Waals surface area contributed by atoms with E-state index in [9.17, 15) is 0 Å². The zero-order valence-electron chi connectivity index (χ0n) is 18.3. The van der Waals surface area contributed by atoms with Crippen LogP contribution in [0.4, 0.5) is 0 Å². The van der Waals surface area contributed by atoms with Gasteiger partial charge in [-0.1, -0.05) is 68.5 Å². The van der Waals surface area contributed by atoms with E-state index in [1.54, 1.807) is 0 Å². The van der Waals surface area contributed by atoms with Crippen molar-refractivity contribution < 1.29 is 17.0 Å². The molecule has 0 unspecified atom stereocenters. The van der Waals surface area contributed by atoms with Crippen molar-refractivity contribution in [2.24, 2.45) is 0 Å². The summed E-state index contributed by atoms with van der Waals surface area (Å²) in [7, 11) is 10.5. The molecule has 0 atom stereocenters. The van der Waals surface area contributed by atoms with Gasteiger partial charge in [0.1, 0.15) is 0 Å². The van der Waals surface area contributed by atoms with Crippen molar-refractivity contribution in [3.8, 4) is 0 Å². The van der Waals surface area contributed by atoms with Gasteiger partial charge in [-0.2, -0.15) is 35.4 Å². The first-order valence-electron chi connectivity index (χ1n) is 9.01.